The maximum atomic E-state index is 15.3. The molecule has 1 aliphatic carbocycles. The summed E-state index contributed by atoms with van der Waals surface area (Å²) in [5.74, 6) is -3.08. The summed E-state index contributed by atoms with van der Waals surface area (Å²) in [7, 11) is 0. The minimum atomic E-state index is -5.16. The first-order valence-electron chi connectivity index (χ1n) is 22.6. The van der Waals surface area contributed by atoms with Gasteiger partial charge in [0.05, 0.1) is 16.5 Å². The highest BCUT2D eigenvalue weighted by molar-refractivity contribution is 6.10. The zero-order valence-electron chi connectivity index (χ0n) is 37.2. The minimum Gasteiger partial charge on any atom is -0.341 e. The number of aryl methyl sites for hydroxylation is 2. The molecule has 10 heteroatoms. The lowest BCUT2D eigenvalue weighted by Gasteiger charge is -2.35. The zero-order chi connectivity index (χ0) is 48.0. The number of aromatic nitrogens is 2. The second-order valence-electron chi connectivity index (χ2n) is 17.5. The smallest absolute Gasteiger partial charge is 0.341 e. The SMILES string of the molecule is CCn1c2ccccc2c2cc(/C=C\c3ccc4c(c3)C(c3ccc(F)c(C(F)(F)F)c3)(c3ccc(F)c(C(F)(F)F)c3)c3cc(/C=C/c5ccc6c(c5)c5ccccc5n6CC)ccc3-4)ccc21. The quantitative estimate of drug-likeness (QED) is 0.106. The highest BCUT2D eigenvalue weighted by Crippen LogP contribution is 2.58. The van der Waals surface area contributed by atoms with E-state index in [-0.39, 0.29) is 11.1 Å². The maximum Gasteiger partial charge on any atom is 0.419 e. The van der Waals surface area contributed by atoms with Crippen molar-refractivity contribution in [3.63, 3.8) is 0 Å². The molecule has 0 spiro atoms. The lowest BCUT2D eigenvalue weighted by molar-refractivity contribution is -0.140. The van der Waals surface area contributed by atoms with Gasteiger partial charge >= 0.3 is 12.4 Å². The standard InChI is InChI=1S/C59H40F8N2/c1-3-68-53-11-7-5-9-43(53)45-29-35(19-27-55(45)68)13-15-37-17-23-41-42-24-18-38(16-14-36-20-28-56-46(30-36)44-10-6-8-12-54(44)69(56)4-2)32-48(42)57(47(41)31-37,39-21-25-51(60)49(33-39)58(62,63)64)40-22-26-52(61)50(34-40)59(65,66)67/h5-34H,3-4H2,1-2H3/b15-13-,16-14+. The van der Waals surface area contributed by atoms with Gasteiger partial charge in [-0.2, -0.15) is 26.3 Å². The van der Waals surface area contributed by atoms with Gasteiger partial charge in [-0.25, -0.2) is 8.78 Å². The van der Waals surface area contributed by atoms with Crippen LogP contribution in [0.15, 0.2) is 158 Å². The molecule has 342 valence electrons. The van der Waals surface area contributed by atoms with Crippen LogP contribution in [0.5, 0.6) is 0 Å². The van der Waals surface area contributed by atoms with Crippen molar-refractivity contribution in [3.8, 4) is 11.1 Å². The fraction of sp³-hybridized carbons (Fsp3) is 0.119. The third-order valence-electron chi connectivity index (χ3n) is 13.8. The molecule has 10 aromatic rings. The van der Waals surface area contributed by atoms with Crippen LogP contribution in [0, 0.1) is 11.6 Å². The molecule has 0 radical (unpaired) electrons. The van der Waals surface area contributed by atoms with Crippen molar-refractivity contribution in [1.29, 1.82) is 0 Å². The van der Waals surface area contributed by atoms with Gasteiger partial charge in [0.25, 0.3) is 0 Å². The molecule has 69 heavy (non-hydrogen) atoms. The molecular formula is C59H40F8N2. The summed E-state index contributed by atoms with van der Waals surface area (Å²) in [6.45, 7) is 5.72. The van der Waals surface area contributed by atoms with Crippen LogP contribution in [0.2, 0.25) is 0 Å². The monoisotopic (exact) mass is 928 g/mol. The van der Waals surface area contributed by atoms with Crippen LogP contribution in [0.1, 0.15) is 69.5 Å². The third-order valence-corrected chi connectivity index (χ3v) is 13.8. The summed E-state index contributed by atoms with van der Waals surface area (Å²) in [4.78, 5) is 0. The van der Waals surface area contributed by atoms with Crippen LogP contribution >= 0.6 is 0 Å². The number of hydrogen-bond donors (Lipinski definition) is 0. The van der Waals surface area contributed by atoms with Crippen molar-refractivity contribution in [3.05, 3.63) is 225 Å². The lowest BCUT2D eigenvalue weighted by Crippen LogP contribution is -2.30. The average molecular weight is 929 g/mol. The van der Waals surface area contributed by atoms with Crippen molar-refractivity contribution < 1.29 is 35.1 Å². The Hall–Kier alpha value is -7.72. The van der Waals surface area contributed by atoms with Gasteiger partial charge < -0.3 is 9.13 Å². The fourth-order valence-corrected chi connectivity index (χ4v) is 10.7. The Labute approximate surface area is 391 Å². The second-order valence-corrected chi connectivity index (χ2v) is 17.5. The van der Waals surface area contributed by atoms with E-state index in [0.717, 1.165) is 67.8 Å². The van der Waals surface area contributed by atoms with E-state index in [1.165, 1.54) is 12.1 Å². The molecule has 0 aliphatic heterocycles. The number of alkyl halides is 6. The summed E-state index contributed by atoms with van der Waals surface area (Å²) < 4.78 is 123. The highest BCUT2D eigenvalue weighted by atomic mass is 19.4. The van der Waals surface area contributed by atoms with Gasteiger partial charge in [0, 0.05) is 56.7 Å². The molecule has 11 rings (SSSR count). The molecule has 0 atom stereocenters. The van der Waals surface area contributed by atoms with Crippen LogP contribution < -0.4 is 0 Å². The second kappa shape index (κ2) is 16.2. The Bertz CT molecular complexity index is 3520. The van der Waals surface area contributed by atoms with E-state index in [2.05, 4.69) is 71.5 Å². The van der Waals surface area contributed by atoms with Crippen molar-refractivity contribution in [2.24, 2.45) is 0 Å². The molecule has 0 saturated carbocycles. The fourth-order valence-electron chi connectivity index (χ4n) is 10.7. The molecule has 0 N–H and O–H groups in total. The zero-order valence-corrected chi connectivity index (χ0v) is 37.2. The maximum absolute atomic E-state index is 15.3. The predicted molar refractivity (Wildman–Crippen MR) is 262 cm³/mol. The molecule has 0 saturated heterocycles. The van der Waals surface area contributed by atoms with E-state index in [1.807, 2.05) is 72.8 Å². The van der Waals surface area contributed by atoms with Gasteiger partial charge in [0.2, 0.25) is 0 Å². The first-order chi connectivity index (χ1) is 33.2. The van der Waals surface area contributed by atoms with Crippen LogP contribution in [-0.4, -0.2) is 9.13 Å². The molecule has 2 nitrogen and oxygen atoms in total. The van der Waals surface area contributed by atoms with Gasteiger partial charge in [0.15, 0.2) is 0 Å². The Morgan fingerprint density at radius 1 is 0.406 bits per heavy atom. The van der Waals surface area contributed by atoms with Crippen molar-refractivity contribution in [1.82, 2.24) is 9.13 Å². The molecule has 1 aliphatic rings. The van der Waals surface area contributed by atoms with E-state index in [9.17, 15) is 26.3 Å². The minimum absolute atomic E-state index is 0.145. The van der Waals surface area contributed by atoms with E-state index in [0.29, 0.717) is 57.6 Å². The third kappa shape index (κ3) is 7.06. The first kappa shape index (κ1) is 43.8. The Morgan fingerprint density at radius 2 is 0.768 bits per heavy atom. The van der Waals surface area contributed by atoms with Crippen LogP contribution in [0.25, 0.3) is 79.0 Å². The first-order valence-corrected chi connectivity index (χ1v) is 22.6. The number of halogens is 8. The Kier molecular flexibility index (Phi) is 10.3. The number of hydrogen-bond acceptors (Lipinski definition) is 0. The number of para-hydroxylation sites is 2. The molecule has 0 unspecified atom stereocenters. The molecule has 8 aromatic carbocycles. The topological polar surface area (TPSA) is 9.86 Å². The molecule has 2 aromatic heterocycles. The van der Waals surface area contributed by atoms with Crippen LogP contribution in [0.4, 0.5) is 35.1 Å². The van der Waals surface area contributed by atoms with Gasteiger partial charge in [-0.05, 0) is 142 Å². The predicted octanol–water partition coefficient (Wildman–Crippen LogP) is 17.0. The molecule has 2 heterocycles. The number of rotatable bonds is 8. The molecule has 0 fully saturated rings. The number of benzene rings is 8. The van der Waals surface area contributed by atoms with Crippen molar-refractivity contribution in [2.75, 3.05) is 0 Å². The van der Waals surface area contributed by atoms with E-state index < -0.39 is 40.5 Å². The van der Waals surface area contributed by atoms with Crippen LogP contribution in [0.3, 0.4) is 0 Å². The van der Waals surface area contributed by atoms with E-state index in [4.69, 9.17) is 0 Å². The largest absolute Gasteiger partial charge is 0.419 e. The number of nitrogens with zero attached hydrogens (tertiary/aromatic N) is 2. The Balaban J connectivity index is 1.11. The van der Waals surface area contributed by atoms with Gasteiger partial charge in [-0.15, -0.1) is 0 Å². The van der Waals surface area contributed by atoms with E-state index in [1.54, 1.807) is 24.3 Å². The van der Waals surface area contributed by atoms with Crippen LogP contribution in [-0.2, 0) is 30.9 Å². The summed E-state index contributed by atoms with van der Waals surface area (Å²) in [6.07, 6.45) is -2.82. The van der Waals surface area contributed by atoms with E-state index >= 15 is 8.78 Å². The lowest BCUT2D eigenvalue weighted by atomic mass is 9.66. The summed E-state index contributed by atoms with van der Waals surface area (Å²) in [5, 5.41) is 4.30. The summed E-state index contributed by atoms with van der Waals surface area (Å²) in [5.41, 5.74) is 3.66. The average Bonchev–Trinajstić information content (AvgIpc) is 3.95. The van der Waals surface area contributed by atoms with Gasteiger partial charge in [-0.3, -0.25) is 0 Å². The molecular weight excluding hydrogens is 889 g/mol. The normalized spacial score (nSPS) is 13.8. The summed E-state index contributed by atoms with van der Waals surface area (Å²) >= 11 is 0. The van der Waals surface area contributed by atoms with Crippen molar-refractivity contribution in [2.45, 2.75) is 44.7 Å². The highest BCUT2D eigenvalue weighted by Gasteiger charge is 2.49. The van der Waals surface area contributed by atoms with Crippen molar-refractivity contribution >= 4 is 67.9 Å². The molecule has 0 amide bonds. The number of fused-ring (bicyclic) bond motifs is 9. The van der Waals surface area contributed by atoms with Gasteiger partial charge in [-0.1, -0.05) is 109 Å². The molecule has 0 bridgehead atoms. The Morgan fingerprint density at radius 3 is 1.16 bits per heavy atom. The summed E-state index contributed by atoms with van der Waals surface area (Å²) in [6, 6.07) is 44.4. The van der Waals surface area contributed by atoms with Gasteiger partial charge in [0.1, 0.15) is 11.6 Å².